The molecule has 7 heteroatoms. The van der Waals surface area contributed by atoms with Crippen molar-refractivity contribution in [3.8, 4) is 0 Å². The topological polar surface area (TPSA) is 57.7 Å². The van der Waals surface area contributed by atoms with Gasteiger partial charge in [0.05, 0.1) is 0 Å². The molecule has 3 heterocycles. The first-order valence-electron chi connectivity index (χ1n) is 6.78. The smallest absolute Gasteiger partial charge is 0.253 e. The van der Waals surface area contributed by atoms with Crippen LogP contribution in [-0.4, -0.2) is 48.7 Å². The van der Waals surface area contributed by atoms with Gasteiger partial charge in [-0.3, -0.25) is 4.79 Å². The van der Waals surface area contributed by atoms with Gasteiger partial charge in [0.2, 0.25) is 5.91 Å². The maximum Gasteiger partial charge on any atom is 0.253 e. The van der Waals surface area contributed by atoms with E-state index in [-0.39, 0.29) is 11.9 Å². The Bertz CT molecular complexity index is 638. The highest BCUT2D eigenvalue weighted by Crippen LogP contribution is 2.31. The standard InChI is InChI=1S/C13H18N2O3S2/c1-9-6-12(19-8-9)20(17,18)15-7-11-4-3-5-14(11)13(16)10(15)2/h6,8,10-11H,3-5,7H2,1-2H3/t10-,11+/m1/s1. The Morgan fingerprint density at radius 1 is 1.40 bits per heavy atom. The van der Waals surface area contributed by atoms with Gasteiger partial charge in [-0.25, -0.2) is 8.42 Å². The summed E-state index contributed by atoms with van der Waals surface area (Å²) in [6, 6.07) is 1.13. The molecule has 2 fully saturated rings. The van der Waals surface area contributed by atoms with Crippen molar-refractivity contribution in [1.82, 2.24) is 9.21 Å². The summed E-state index contributed by atoms with van der Waals surface area (Å²) in [5.41, 5.74) is 0.937. The third kappa shape index (κ3) is 2.08. The molecule has 110 valence electrons. The number of piperazine rings is 1. The van der Waals surface area contributed by atoms with E-state index in [0.29, 0.717) is 10.8 Å². The minimum absolute atomic E-state index is 0.0505. The fraction of sp³-hybridized carbons (Fsp3) is 0.615. The predicted octanol–water partition coefficient (Wildman–Crippen LogP) is 1.44. The van der Waals surface area contributed by atoms with Gasteiger partial charge in [0.1, 0.15) is 10.3 Å². The number of sulfonamides is 1. The van der Waals surface area contributed by atoms with Crippen LogP contribution in [-0.2, 0) is 14.8 Å². The van der Waals surface area contributed by atoms with Crippen molar-refractivity contribution < 1.29 is 13.2 Å². The lowest BCUT2D eigenvalue weighted by molar-refractivity contribution is -0.139. The molecule has 0 bridgehead atoms. The third-order valence-corrected chi connectivity index (χ3v) is 7.58. The number of hydrogen-bond donors (Lipinski definition) is 0. The zero-order valence-corrected chi connectivity index (χ0v) is 13.2. The summed E-state index contributed by atoms with van der Waals surface area (Å²) in [6.07, 6.45) is 1.86. The number of nitrogens with zero attached hydrogens (tertiary/aromatic N) is 2. The first-order valence-corrected chi connectivity index (χ1v) is 9.10. The van der Waals surface area contributed by atoms with Crippen LogP contribution in [0.2, 0.25) is 0 Å². The summed E-state index contributed by atoms with van der Waals surface area (Å²) >= 11 is 1.22. The van der Waals surface area contributed by atoms with Crippen LogP contribution in [0.25, 0.3) is 0 Å². The van der Waals surface area contributed by atoms with E-state index in [4.69, 9.17) is 0 Å². The zero-order valence-electron chi connectivity index (χ0n) is 11.6. The molecular weight excluding hydrogens is 296 g/mol. The van der Waals surface area contributed by atoms with Crippen molar-refractivity contribution in [2.45, 2.75) is 43.0 Å². The Morgan fingerprint density at radius 3 is 2.80 bits per heavy atom. The Hall–Kier alpha value is -0.920. The van der Waals surface area contributed by atoms with E-state index in [0.717, 1.165) is 24.9 Å². The molecule has 0 aromatic carbocycles. The van der Waals surface area contributed by atoms with Crippen LogP contribution in [0, 0.1) is 6.92 Å². The number of thiophene rings is 1. The summed E-state index contributed by atoms with van der Waals surface area (Å²) in [4.78, 5) is 14.2. The highest BCUT2D eigenvalue weighted by molar-refractivity contribution is 7.91. The summed E-state index contributed by atoms with van der Waals surface area (Å²) in [6.45, 7) is 4.75. The van der Waals surface area contributed by atoms with Gasteiger partial charge in [0, 0.05) is 19.1 Å². The molecular formula is C13H18N2O3S2. The maximum atomic E-state index is 12.7. The number of carbonyl (C=O) groups is 1. The largest absolute Gasteiger partial charge is 0.337 e. The van der Waals surface area contributed by atoms with Crippen molar-refractivity contribution in [2.24, 2.45) is 0 Å². The van der Waals surface area contributed by atoms with Crippen LogP contribution in [0.1, 0.15) is 25.3 Å². The average Bonchev–Trinajstić information content (AvgIpc) is 3.02. The quantitative estimate of drug-likeness (QED) is 0.830. The van der Waals surface area contributed by atoms with Crippen molar-refractivity contribution >= 4 is 27.3 Å². The first kappa shape index (κ1) is 14.0. The Kier molecular flexibility index (Phi) is 3.38. The molecule has 0 radical (unpaired) electrons. The second-order valence-electron chi connectivity index (χ2n) is 5.52. The van der Waals surface area contributed by atoms with Gasteiger partial charge in [0.15, 0.2) is 0 Å². The summed E-state index contributed by atoms with van der Waals surface area (Å²) in [7, 11) is -3.56. The van der Waals surface area contributed by atoms with Crippen LogP contribution in [0.3, 0.4) is 0 Å². The van der Waals surface area contributed by atoms with E-state index in [2.05, 4.69) is 0 Å². The van der Waals surface area contributed by atoms with Gasteiger partial charge < -0.3 is 4.90 Å². The lowest BCUT2D eigenvalue weighted by Gasteiger charge is -2.40. The van der Waals surface area contributed by atoms with Crippen molar-refractivity contribution in [3.63, 3.8) is 0 Å². The monoisotopic (exact) mass is 314 g/mol. The van der Waals surface area contributed by atoms with Crippen molar-refractivity contribution in [2.75, 3.05) is 13.1 Å². The van der Waals surface area contributed by atoms with Gasteiger partial charge >= 0.3 is 0 Å². The molecule has 0 aliphatic carbocycles. The lowest BCUT2D eigenvalue weighted by atomic mass is 10.1. The molecule has 20 heavy (non-hydrogen) atoms. The molecule has 0 spiro atoms. The molecule has 0 unspecified atom stereocenters. The van der Waals surface area contributed by atoms with E-state index in [1.165, 1.54) is 15.6 Å². The first-order chi connectivity index (χ1) is 9.41. The van der Waals surface area contributed by atoms with Crippen molar-refractivity contribution in [3.05, 3.63) is 17.0 Å². The second kappa shape index (κ2) is 4.82. The second-order valence-corrected chi connectivity index (χ2v) is 8.55. The van der Waals surface area contributed by atoms with Crippen LogP contribution < -0.4 is 0 Å². The molecule has 2 aliphatic rings. The van der Waals surface area contributed by atoms with E-state index in [1.807, 2.05) is 17.2 Å². The minimum Gasteiger partial charge on any atom is -0.337 e. The lowest BCUT2D eigenvalue weighted by Crippen LogP contribution is -2.59. The fourth-order valence-corrected chi connectivity index (χ4v) is 5.99. The number of rotatable bonds is 2. The Balaban J connectivity index is 1.95. The van der Waals surface area contributed by atoms with Crippen LogP contribution in [0.4, 0.5) is 0 Å². The number of hydrogen-bond acceptors (Lipinski definition) is 4. The van der Waals surface area contributed by atoms with Crippen LogP contribution >= 0.6 is 11.3 Å². The Labute approximate surface area is 123 Å². The van der Waals surface area contributed by atoms with E-state index in [1.54, 1.807) is 13.0 Å². The zero-order chi connectivity index (χ0) is 14.5. The maximum absolute atomic E-state index is 12.7. The third-order valence-electron chi connectivity index (χ3n) is 4.11. The molecule has 2 atom stereocenters. The van der Waals surface area contributed by atoms with Gasteiger partial charge in [-0.2, -0.15) is 4.31 Å². The molecule has 0 saturated carbocycles. The number of aryl methyl sites for hydroxylation is 1. The van der Waals surface area contributed by atoms with Gasteiger partial charge in [-0.1, -0.05) is 0 Å². The van der Waals surface area contributed by atoms with Crippen LogP contribution in [0.15, 0.2) is 15.7 Å². The molecule has 2 saturated heterocycles. The average molecular weight is 314 g/mol. The molecule has 1 aromatic heterocycles. The highest BCUT2D eigenvalue weighted by atomic mass is 32.2. The predicted molar refractivity (Wildman–Crippen MR) is 77.1 cm³/mol. The highest BCUT2D eigenvalue weighted by Gasteiger charge is 2.45. The fourth-order valence-electron chi connectivity index (χ4n) is 3.01. The van der Waals surface area contributed by atoms with E-state index >= 15 is 0 Å². The molecule has 1 aromatic rings. The number of fused-ring (bicyclic) bond motifs is 1. The number of amides is 1. The van der Waals surface area contributed by atoms with Gasteiger partial charge in [0.25, 0.3) is 10.0 Å². The minimum atomic E-state index is -3.56. The molecule has 3 rings (SSSR count). The van der Waals surface area contributed by atoms with E-state index < -0.39 is 16.1 Å². The summed E-state index contributed by atoms with van der Waals surface area (Å²) in [5.74, 6) is -0.0596. The van der Waals surface area contributed by atoms with Gasteiger partial charge in [-0.05, 0) is 43.7 Å². The molecule has 1 amide bonds. The molecule has 0 N–H and O–H groups in total. The normalized spacial score (nSPS) is 27.9. The number of carbonyl (C=O) groups excluding carboxylic acids is 1. The van der Waals surface area contributed by atoms with Gasteiger partial charge in [-0.15, -0.1) is 11.3 Å². The van der Waals surface area contributed by atoms with Crippen LogP contribution in [0.5, 0.6) is 0 Å². The van der Waals surface area contributed by atoms with E-state index in [9.17, 15) is 13.2 Å². The van der Waals surface area contributed by atoms with Crippen molar-refractivity contribution in [1.29, 1.82) is 0 Å². The summed E-state index contributed by atoms with van der Waals surface area (Å²) < 4.78 is 27.1. The summed E-state index contributed by atoms with van der Waals surface area (Å²) in [5, 5.41) is 1.82. The SMILES string of the molecule is Cc1csc(S(=O)(=O)N2C[C@@H]3CCCN3C(=O)[C@H]2C)c1. The molecule has 5 nitrogen and oxygen atoms in total. The molecule has 2 aliphatic heterocycles. The Morgan fingerprint density at radius 2 is 2.15 bits per heavy atom.